The molecule has 132 valence electrons. The van der Waals surface area contributed by atoms with Gasteiger partial charge < -0.3 is 9.15 Å². The summed E-state index contributed by atoms with van der Waals surface area (Å²) in [6.07, 6.45) is 1.98. The molecule has 1 N–H and O–H groups in total. The second-order valence-corrected chi connectivity index (χ2v) is 6.96. The Balaban J connectivity index is 0.00000225. The Hall–Kier alpha value is -2.16. The monoisotopic (exact) mass is 537 g/mol. The SMILES string of the molecule is COc1ccc(C)cc1NS(=O)(=O)c1cc(C=O)c2occc2c1.[Os]. The molecule has 2 aromatic carbocycles. The van der Waals surface area contributed by atoms with Crippen molar-refractivity contribution in [1.82, 2.24) is 0 Å². The van der Waals surface area contributed by atoms with E-state index in [1.165, 1.54) is 25.5 Å². The van der Waals surface area contributed by atoms with Gasteiger partial charge in [0.25, 0.3) is 10.0 Å². The van der Waals surface area contributed by atoms with Crippen molar-refractivity contribution in [1.29, 1.82) is 0 Å². The standard InChI is InChI=1S/C17H15NO5S.Os/c1-11-3-4-16(22-2)15(7-11)18-24(20,21)14-8-12-5-6-23-17(12)13(9-14)10-19;/h3-10,18H,1-2H3;. The van der Waals surface area contributed by atoms with E-state index in [2.05, 4.69) is 4.72 Å². The van der Waals surface area contributed by atoms with Gasteiger partial charge in [-0.25, -0.2) is 8.42 Å². The maximum atomic E-state index is 12.7. The predicted molar refractivity (Wildman–Crippen MR) is 90.1 cm³/mol. The molecule has 6 nitrogen and oxygen atoms in total. The van der Waals surface area contributed by atoms with Crippen LogP contribution in [0.25, 0.3) is 11.0 Å². The first kappa shape index (κ1) is 19.2. The van der Waals surface area contributed by atoms with Crippen LogP contribution in [0.15, 0.2) is 52.0 Å². The van der Waals surface area contributed by atoms with E-state index in [1.54, 1.807) is 18.2 Å². The predicted octanol–water partition coefficient (Wildman–Crippen LogP) is 3.36. The molecule has 3 aromatic rings. The van der Waals surface area contributed by atoms with Crippen molar-refractivity contribution in [2.24, 2.45) is 0 Å². The van der Waals surface area contributed by atoms with Crippen molar-refractivity contribution in [3.05, 3.63) is 53.8 Å². The van der Waals surface area contributed by atoms with Crippen molar-refractivity contribution in [3.63, 3.8) is 0 Å². The third kappa shape index (κ3) is 3.75. The number of benzene rings is 2. The zero-order valence-corrected chi connectivity index (χ0v) is 16.8. The van der Waals surface area contributed by atoms with E-state index >= 15 is 0 Å². The third-order valence-corrected chi connectivity index (χ3v) is 4.93. The number of furan rings is 1. The van der Waals surface area contributed by atoms with E-state index in [0.717, 1.165) is 5.56 Å². The summed E-state index contributed by atoms with van der Waals surface area (Å²) in [4.78, 5) is 11.2. The minimum Gasteiger partial charge on any atom is -0.495 e. The van der Waals surface area contributed by atoms with E-state index in [1.807, 2.05) is 13.0 Å². The number of hydrogen-bond acceptors (Lipinski definition) is 5. The Morgan fingerprint density at radius 3 is 2.60 bits per heavy atom. The minimum atomic E-state index is -3.90. The number of carbonyl (C=O) groups is 1. The summed E-state index contributed by atoms with van der Waals surface area (Å²) in [5.41, 5.74) is 1.75. The van der Waals surface area contributed by atoms with Crippen LogP contribution in [0.4, 0.5) is 5.69 Å². The van der Waals surface area contributed by atoms with Gasteiger partial charge in [0.2, 0.25) is 0 Å². The summed E-state index contributed by atoms with van der Waals surface area (Å²) in [5.74, 6) is 0.407. The van der Waals surface area contributed by atoms with Gasteiger partial charge in [-0.2, -0.15) is 0 Å². The molecule has 0 fully saturated rings. The molecule has 0 aliphatic rings. The van der Waals surface area contributed by atoms with E-state index in [0.29, 0.717) is 28.7 Å². The van der Waals surface area contributed by atoms with E-state index < -0.39 is 10.0 Å². The van der Waals surface area contributed by atoms with Gasteiger partial charge in [-0.3, -0.25) is 9.52 Å². The van der Waals surface area contributed by atoms with Crippen molar-refractivity contribution in [2.75, 3.05) is 11.8 Å². The Bertz CT molecular complexity index is 1030. The second kappa shape index (κ2) is 7.38. The van der Waals surface area contributed by atoms with E-state index in [-0.39, 0.29) is 30.2 Å². The van der Waals surface area contributed by atoms with Gasteiger partial charge in [-0.15, -0.1) is 0 Å². The molecule has 0 aliphatic carbocycles. The van der Waals surface area contributed by atoms with Crippen molar-refractivity contribution in [2.45, 2.75) is 11.8 Å². The fourth-order valence-electron chi connectivity index (χ4n) is 2.43. The smallest absolute Gasteiger partial charge is 0.262 e. The Labute approximate surface area is 158 Å². The van der Waals surface area contributed by atoms with Crippen molar-refractivity contribution >= 4 is 33.0 Å². The van der Waals surface area contributed by atoms with Gasteiger partial charge in [0.1, 0.15) is 11.3 Å². The summed E-state index contributed by atoms with van der Waals surface area (Å²) in [5, 5.41) is 0.538. The average Bonchev–Trinajstić information content (AvgIpc) is 3.02. The van der Waals surface area contributed by atoms with Crippen LogP contribution in [0.3, 0.4) is 0 Å². The zero-order chi connectivity index (χ0) is 17.3. The summed E-state index contributed by atoms with van der Waals surface area (Å²) in [7, 11) is -2.43. The fourth-order valence-corrected chi connectivity index (χ4v) is 3.56. The molecule has 3 rings (SSSR count). The number of fused-ring (bicyclic) bond motifs is 1. The van der Waals surface area contributed by atoms with Crippen molar-refractivity contribution < 1.29 is 42.2 Å². The van der Waals surface area contributed by atoms with Gasteiger partial charge in [0.15, 0.2) is 6.29 Å². The molecule has 1 heterocycles. The first-order valence-electron chi connectivity index (χ1n) is 7.08. The maximum absolute atomic E-state index is 12.7. The summed E-state index contributed by atoms with van der Waals surface area (Å²) in [6, 6.07) is 9.52. The molecule has 0 amide bonds. The van der Waals surface area contributed by atoms with Crippen LogP contribution in [0.2, 0.25) is 0 Å². The molecule has 0 atom stereocenters. The largest absolute Gasteiger partial charge is 0.495 e. The first-order chi connectivity index (χ1) is 11.4. The number of nitrogens with one attached hydrogen (secondary N) is 1. The molecule has 0 bridgehead atoms. The Kier molecular flexibility index (Phi) is 5.66. The number of aryl methyl sites for hydroxylation is 1. The van der Waals surface area contributed by atoms with Crippen LogP contribution in [0, 0.1) is 6.92 Å². The van der Waals surface area contributed by atoms with Crippen LogP contribution in [-0.4, -0.2) is 21.8 Å². The molecular weight excluding hydrogens is 520 g/mol. The molecule has 0 saturated carbocycles. The Morgan fingerprint density at radius 2 is 1.92 bits per heavy atom. The summed E-state index contributed by atoms with van der Waals surface area (Å²) >= 11 is 0. The molecule has 0 unspecified atom stereocenters. The number of ether oxygens (including phenoxy) is 1. The number of carbonyl (C=O) groups excluding carboxylic acids is 1. The van der Waals surface area contributed by atoms with Gasteiger partial charge in [0.05, 0.1) is 29.5 Å². The summed E-state index contributed by atoms with van der Waals surface area (Å²) in [6.45, 7) is 1.85. The maximum Gasteiger partial charge on any atom is 0.262 e. The first-order valence-corrected chi connectivity index (χ1v) is 8.57. The van der Waals surface area contributed by atoms with Crippen LogP contribution in [-0.2, 0) is 29.8 Å². The molecule has 25 heavy (non-hydrogen) atoms. The van der Waals surface area contributed by atoms with Crippen LogP contribution in [0.1, 0.15) is 15.9 Å². The topological polar surface area (TPSA) is 85.6 Å². The fraction of sp³-hybridized carbons (Fsp3) is 0.118. The van der Waals surface area contributed by atoms with Gasteiger partial charge in [-0.05, 0) is 42.8 Å². The number of methoxy groups -OCH3 is 1. The normalized spacial score (nSPS) is 11.0. The second-order valence-electron chi connectivity index (χ2n) is 5.28. The molecule has 0 radical (unpaired) electrons. The van der Waals surface area contributed by atoms with Crippen LogP contribution in [0.5, 0.6) is 5.75 Å². The summed E-state index contributed by atoms with van der Waals surface area (Å²) < 4.78 is 38.3. The van der Waals surface area contributed by atoms with Crippen LogP contribution < -0.4 is 9.46 Å². The minimum absolute atomic E-state index is 0. The number of rotatable bonds is 5. The molecule has 0 saturated heterocycles. The Morgan fingerprint density at radius 1 is 1.16 bits per heavy atom. The molecule has 0 spiro atoms. The number of aldehydes is 1. The van der Waals surface area contributed by atoms with Crippen LogP contribution >= 0.6 is 0 Å². The molecule has 1 aromatic heterocycles. The van der Waals surface area contributed by atoms with E-state index in [9.17, 15) is 13.2 Å². The van der Waals surface area contributed by atoms with Gasteiger partial charge in [-0.1, -0.05) is 6.07 Å². The molecular formula is C17H15NO5OsS. The zero-order valence-electron chi connectivity index (χ0n) is 13.4. The molecule has 0 aliphatic heterocycles. The van der Waals surface area contributed by atoms with Gasteiger partial charge >= 0.3 is 0 Å². The third-order valence-electron chi connectivity index (χ3n) is 3.59. The molecule has 8 heteroatoms. The van der Waals surface area contributed by atoms with E-state index in [4.69, 9.17) is 9.15 Å². The number of sulfonamides is 1. The quantitative estimate of drug-likeness (QED) is 0.507. The number of hydrogen-bond donors (Lipinski definition) is 1. The number of anilines is 1. The van der Waals surface area contributed by atoms with Crippen molar-refractivity contribution in [3.8, 4) is 5.75 Å². The van der Waals surface area contributed by atoms with Gasteiger partial charge in [0, 0.05) is 25.2 Å². The average molecular weight is 536 g/mol.